The summed E-state index contributed by atoms with van der Waals surface area (Å²) in [7, 11) is 0. The molecule has 0 aliphatic carbocycles. The molecule has 1 atom stereocenters. The van der Waals surface area contributed by atoms with Crippen molar-refractivity contribution in [2.75, 3.05) is 6.61 Å². The van der Waals surface area contributed by atoms with Crippen molar-refractivity contribution < 1.29 is 13.9 Å². The van der Waals surface area contributed by atoms with E-state index in [0.29, 0.717) is 12.4 Å². The molecule has 1 aromatic rings. The van der Waals surface area contributed by atoms with E-state index in [1.54, 1.807) is 6.07 Å². The summed E-state index contributed by atoms with van der Waals surface area (Å²) in [6.07, 6.45) is 7.04. The van der Waals surface area contributed by atoms with Crippen molar-refractivity contribution in [1.82, 2.24) is 0 Å². The van der Waals surface area contributed by atoms with Gasteiger partial charge in [0.25, 0.3) is 0 Å². The van der Waals surface area contributed by atoms with Gasteiger partial charge in [-0.15, -0.1) is 0 Å². The van der Waals surface area contributed by atoms with Gasteiger partial charge in [-0.05, 0) is 25.0 Å². The molecule has 0 saturated heterocycles. The van der Waals surface area contributed by atoms with Crippen LogP contribution >= 0.6 is 6.72 Å². The van der Waals surface area contributed by atoms with Gasteiger partial charge in [-0.25, -0.2) is 0 Å². The van der Waals surface area contributed by atoms with Gasteiger partial charge in [0.15, 0.2) is 0 Å². The van der Waals surface area contributed by atoms with Crippen LogP contribution in [0.2, 0.25) is 0 Å². The van der Waals surface area contributed by atoms with E-state index in [-0.39, 0.29) is 0 Å². The van der Waals surface area contributed by atoms with Crippen LogP contribution in [-0.2, 0) is 16.3 Å². The maximum atomic E-state index is 10.0. The summed E-state index contributed by atoms with van der Waals surface area (Å²) >= 11 is 5.03. The monoisotopic (exact) mass is 316 g/mol. The lowest BCUT2D eigenvalue weighted by Gasteiger charge is -2.17. The van der Waals surface area contributed by atoms with Crippen LogP contribution in [0.1, 0.15) is 51.0 Å². The Morgan fingerprint density at radius 2 is 1.75 bits per heavy atom. The van der Waals surface area contributed by atoms with Gasteiger partial charge in [0.1, 0.15) is 5.75 Å². The van der Waals surface area contributed by atoms with Crippen molar-refractivity contribution in [3.8, 4) is 5.75 Å². The third-order valence-corrected chi connectivity index (χ3v) is 4.54. The highest BCUT2D eigenvalue weighted by molar-refractivity contribution is 8.07. The van der Waals surface area contributed by atoms with Gasteiger partial charge in [0, 0.05) is 11.8 Å². The lowest BCUT2D eigenvalue weighted by Crippen LogP contribution is -2.00. The first kappa shape index (κ1) is 17.6. The number of para-hydroxylation sites is 1. The molecule has 1 aromatic carbocycles. The summed E-state index contributed by atoms with van der Waals surface area (Å²) in [6, 6.07) is 7.48. The topological polar surface area (TPSA) is 38.7 Å². The van der Waals surface area contributed by atoms with Crippen molar-refractivity contribution >= 4 is 18.5 Å². The molecular weight excluding hydrogens is 291 g/mol. The first-order chi connectivity index (χ1) is 9.55. The molecule has 0 aliphatic rings. The minimum atomic E-state index is -3.17. The summed E-state index contributed by atoms with van der Waals surface area (Å²) in [5.41, 5.74) is 0.943. The molecule has 0 fully saturated rings. The van der Waals surface area contributed by atoms with Crippen molar-refractivity contribution in [3.63, 3.8) is 0 Å². The maximum Gasteiger partial charge on any atom is 0.377 e. The fourth-order valence-electron chi connectivity index (χ4n) is 1.87. The van der Waals surface area contributed by atoms with E-state index in [0.717, 1.165) is 18.4 Å². The van der Waals surface area contributed by atoms with Gasteiger partial charge in [-0.2, -0.15) is 0 Å². The van der Waals surface area contributed by atoms with Gasteiger partial charge in [0.05, 0.1) is 6.61 Å². The minimum Gasteiger partial charge on any atom is -0.424 e. The molecule has 0 heterocycles. The van der Waals surface area contributed by atoms with E-state index < -0.39 is 6.72 Å². The summed E-state index contributed by atoms with van der Waals surface area (Å²) in [5, 5.41) is 0. The lowest BCUT2D eigenvalue weighted by atomic mass is 10.1. The normalized spacial score (nSPS) is 13.9. The second kappa shape index (κ2) is 9.51. The van der Waals surface area contributed by atoms with Crippen LogP contribution in [0.15, 0.2) is 24.3 Å². The number of rotatable bonds is 10. The van der Waals surface area contributed by atoms with Gasteiger partial charge in [-0.1, -0.05) is 57.2 Å². The molecular formula is C15H25O3PS. The van der Waals surface area contributed by atoms with Crippen LogP contribution in [0.3, 0.4) is 0 Å². The largest absolute Gasteiger partial charge is 0.424 e. The quantitative estimate of drug-likeness (QED) is 0.489. The Bertz CT molecular complexity index is 437. The van der Waals surface area contributed by atoms with Crippen molar-refractivity contribution in [3.05, 3.63) is 29.8 Å². The summed E-state index contributed by atoms with van der Waals surface area (Å²) in [6.45, 7) is 1.41. The molecule has 3 nitrogen and oxygen atoms in total. The number of unbranched alkanes of at least 4 members (excludes halogenated alkanes) is 5. The van der Waals surface area contributed by atoms with Gasteiger partial charge in [0.2, 0.25) is 0 Å². The van der Waals surface area contributed by atoms with Crippen LogP contribution in [0.25, 0.3) is 0 Å². The molecule has 0 bridgehead atoms. The van der Waals surface area contributed by atoms with Gasteiger partial charge in [-0.3, -0.25) is 4.52 Å². The predicted molar refractivity (Wildman–Crippen MR) is 87.6 cm³/mol. The summed E-state index contributed by atoms with van der Waals surface area (Å²) in [4.78, 5) is 10.0. The van der Waals surface area contributed by atoms with E-state index >= 15 is 0 Å². The molecule has 0 amide bonds. The van der Waals surface area contributed by atoms with Crippen LogP contribution in [0.5, 0.6) is 5.75 Å². The highest BCUT2D eigenvalue weighted by Crippen LogP contribution is 2.45. The molecule has 0 radical (unpaired) electrons. The zero-order chi connectivity index (χ0) is 14.8. The Kier molecular flexibility index (Phi) is 8.39. The highest BCUT2D eigenvalue weighted by atomic mass is 32.5. The SMILES string of the molecule is CCCCCCCCOP(O)(=S)Oc1ccccc1C. The molecule has 114 valence electrons. The molecule has 0 aromatic heterocycles. The van der Waals surface area contributed by atoms with Gasteiger partial charge < -0.3 is 9.42 Å². The fraction of sp³-hybridized carbons (Fsp3) is 0.600. The Hall–Kier alpha value is -0.410. The molecule has 0 spiro atoms. The van der Waals surface area contributed by atoms with E-state index in [9.17, 15) is 4.89 Å². The smallest absolute Gasteiger partial charge is 0.377 e. The second-order valence-electron chi connectivity index (χ2n) is 4.93. The van der Waals surface area contributed by atoms with Crippen LogP contribution in [0, 0.1) is 6.92 Å². The number of hydrogen-bond donors (Lipinski definition) is 1. The highest BCUT2D eigenvalue weighted by Gasteiger charge is 2.17. The molecule has 0 saturated carbocycles. The Morgan fingerprint density at radius 3 is 2.45 bits per heavy atom. The van der Waals surface area contributed by atoms with E-state index in [1.165, 1.54) is 25.7 Å². The lowest BCUT2D eigenvalue weighted by molar-refractivity contribution is 0.250. The first-order valence-electron chi connectivity index (χ1n) is 7.27. The fourth-order valence-corrected chi connectivity index (χ4v) is 3.20. The summed E-state index contributed by atoms with van der Waals surface area (Å²) < 4.78 is 10.8. The first-order valence-corrected chi connectivity index (χ1v) is 9.87. The zero-order valence-electron chi connectivity index (χ0n) is 12.4. The van der Waals surface area contributed by atoms with Crippen molar-refractivity contribution in [1.29, 1.82) is 0 Å². The molecule has 0 aliphatic heterocycles. The van der Waals surface area contributed by atoms with Crippen molar-refractivity contribution in [2.24, 2.45) is 0 Å². The molecule has 1 N–H and O–H groups in total. The van der Waals surface area contributed by atoms with Crippen LogP contribution in [-0.4, -0.2) is 11.5 Å². The Labute approximate surface area is 127 Å². The van der Waals surface area contributed by atoms with E-state index in [4.69, 9.17) is 20.9 Å². The predicted octanol–water partition coefficient (Wildman–Crippen LogP) is 4.97. The minimum absolute atomic E-state index is 0.464. The van der Waals surface area contributed by atoms with E-state index in [1.807, 2.05) is 25.1 Å². The molecule has 1 rings (SSSR count). The van der Waals surface area contributed by atoms with E-state index in [2.05, 4.69) is 6.92 Å². The molecule has 5 heteroatoms. The van der Waals surface area contributed by atoms with Gasteiger partial charge >= 0.3 is 6.72 Å². The molecule has 1 unspecified atom stereocenters. The third-order valence-electron chi connectivity index (χ3n) is 3.06. The standard InChI is InChI=1S/C15H25O3PS/c1-3-4-5-6-7-10-13-17-19(16,20)18-15-12-9-8-11-14(15)2/h8-9,11-12H,3-7,10,13H2,1-2H3,(H,16,20). The van der Waals surface area contributed by atoms with Crippen LogP contribution in [0.4, 0.5) is 0 Å². The Morgan fingerprint density at radius 1 is 1.10 bits per heavy atom. The zero-order valence-corrected chi connectivity index (χ0v) is 14.1. The molecule has 20 heavy (non-hydrogen) atoms. The number of benzene rings is 1. The Balaban J connectivity index is 2.25. The third kappa shape index (κ3) is 7.39. The van der Waals surface area contributed by atoms with Crippen molar-refractivity contribution in [2.45, 2.75) is 52.4 Å². The van der Waals surface area contributed by atoms with Crippen LogP contribution < -0.4 is 4.52 Å². The summed E-state index contributed by atoms with van der Waals surface area (Å²) in [5.74, 6) is 0.598. The average Bonchev–Trinajstić information content (AvgIpc) is 2.40. The number of hydrogen-bond acceptors (Lipinski definition) is 3. The average molecular weight is 316 g/mol. The second-order valence-corrected chi connectivity index (χ2v) is 7.69. The maximum absolute atomic E-state index is 10.0. The number of aryl methyl sites for hydroxylation is 1.